The highest BCUT2D eigenvalue weighted by Crippen LogP contribution is 2.16. The number of rotatable bonds is 3. The second-order valence-corrected chi connectivity index (χ2v) is 6.59. The van der Waals surface area contributed by atoms with Crippen molar-refractivity contribution in [2.75, 3.05) is 25.0 Å². The van der Waals surface area contributed by atoms with Gasteiger partial charge in [0.25, 0.3) is 0 Å². The third kappa shape index (κ3) is 4.40. The Morgan fingerprint density at radius 3 is 2.73 bits per heavy atom. The van der Waals surface area contributed by atoms with Crippen LogP contribution >= 0.6 is 12.2 Å². The van der Waals surface area contributed by atoms with Gasteiger partial charge in [0.05, 0.1) is 6.07 Å². The smallest absolute Gasteiger partial charge is 0.173 e. The summed E-state index contributed by atoms with van der Waals surface area (Å²) in [6.45, 7) is 2.94. The Labute approximate surface area is 160 Å². The Morgan fingerprint density at radius 2 is 2.00 bits per heavy atom. The highest BCUT2D eigenvalue weighted by Gasteiger charge is 2.28. The Hall–Kier alpha value is -2.86. The van der Waals surface area contributed by atoms with Crippen LogP contribution < -0.4 is 5.32 Å². The molecule has 0 aliphatic carbocycles. The zero-order chi connectivity index (χ0) is 18.4. The standard InChI is InChI=1S/C21H20N4S/c1-2-17-9-6-10-19(13-17)23-21(26)25-12-11-24(20(14-22)16-25)15-18-7-4-3-5-8-18/h1,3-10,13,20H,11-12,15-16H2,(H,23,26). The Morgan fingerprint density at radius 1 is 1.19 bits per heavy atom. The molecule has 3 rings (SSSR count). The van der Waals surface area contributed by atoms with Gasteiger partial charge in [-0.2, -0.15) is 5.26 Å². The zero-order valence-corrected chi connectivity index (χ0v) is 15.2. The monoisotopic (exact) mass is 360 g/mol. The van der Waals surface area contributed by atoms with E-state index in [-0.39, 0.29) is 6.04 Å². The molecule has 1 atom stereocenters. The van der Waals surface area contributed by atoms with E-state index in [0.29, 0.717) is 11.7 Å². The van der Waals surface area contributed by atoms with E-state index in [9.17, 15) is 5.26 Å². The van der Waals surface area contributed by atoms with Gasteiger partial charge in [-0.25, -0.2) is 0 Å². The normalized spacial score (nSPS) is 17.2. The first-order chi connectivity index (χ1) is 12.7. The highest BCUT2D eigenvalue weighted by molar-refractivity contribution is 7.80. The molecule has 1 unspecified atom stereocenters. The predicted molar refractivity (Wildman–Crippen MR) is 108 cm³/mol. The zero-order valence-electron chi connectivity index (χ0n) is 14.4. The van der Waals surface area contributed by atoms with Crippen molar-refractivity contribution < 1.29 is 0 Å². The molecule has 0 amide bonds. The summed E-state index contributed by atoms with van der Waals surface area (Å²) in [5.74, 6) is 2.62. The summed E-state index contributed by atoms with van der Waals surface area (Å²) in [6, 6.07) is 20.0. The lowest BCUT2D eigenvalue weighted by Gasteiger charge is -2.39. The average Bonchev–Trinajstić information content (AvgIpc) is 2.69. The first kappa shape index (κ1) is 17.9. The van der Waals surface area contributed by atoms with Crippen LogP contribution in [-0.4, -0.2) is 40.6 Å². The van der Waals surface area contributed by atoms with Crippen molar-refractivity contribution in [1.82, 2.24) is 9.80 Å². The number of anilines is 1. The maximum Gasteiger partial charge on any atom is 0.173 e. The number of hydrogen-bond donors (Lipinski definition) is 1. The molecule has 1 heterocycles. The molecule has 5 heteroatoms. The van der Waals surface area contributed by atoms with Crippen LogP contribution in [0.4, 0.5) is 5.69 Å². The third-order valence-corrected chi connectivity index (χ3v) is 4.80. The van der Waals surface area contributed by atoms with E-state index in [1.165, 1.54) is 5.56 Å². The molecule has 1 aliphatic heterocycles. The molecule has 0 radical (unpaired) electrons. The molecule has 0 bridgehead atoms. The third-order valence-electron chi connectivity index (χ3n) is 4.44. The quantitative estimate of drug-likeness (QED) is 0.673. The number of nitriles is 1. The number of nitrogens with one attached hydrogen (secondary N) is 1. The minimum atomic E-state index is -0.194. The van der Waals surface area contributed by atoms with Crippen molar-refractivity contribution in [2.45, 2.75) is 12.6 Å². The topological polar surface area (TPSA) is 42.3 Å². The van der Waals surface area contributed by atoms with Crippen LogP contribution in [0.2, 0.25) is 0 Å². The number of thiocarbonyl (C=S) groups is 1. The molecule has 1 N–H and O–H groups in total. The Kier molecular flexibility index (Phi) is 5.86. The Bertz CT molecular complexity index is 850. The van der Waals surface area contributed by atoms with Gasteiger partial charge in [0.15, 0.2) is 5.11 Å². The maximum absolute atomic E-state index is 9.59. The molecule has 2 aromatic rings. The van der Waals surface area contributed by atoms with E-state index in [1.54, 1.807) is 0 Å². The number of benzene rings is 2. The number of piperazine rings is 1. The van der Waals surface area contributed by atoms with Crippen molar-refractivity contribution in [3.8, 4) is 18.4 Å². The minimum Gasteiger partial charge on any atom is -0.345 e. The fraction of sp³-hybridized carbons (Fsp3) is 0.238. The van der Waals surface area contributed by atoms with E-state index < -0.39 is 0 Å². The molecule has 1 saturated heterocycles. The summed E-state index contributed by atoms with van der Waals surface area (Å²) in [5, 5.41) is 13.4. The fourth-order valence-corrected chi connectivity index (χ4v) is 3.31. The van der Waals surface area contributed by atoms with Crippen molar-refractivity contribution in [2.24, 2.45) is 0 Å². The molecule has 0 spiro atoms. The van der Waals surface area contributed by atoms with Gasteiger partial charge < -0.3 is 10.2 Å². The molecular formula is C21H20N4S. The van der Waals surface area contributed by atoms with Crippen LogP contribution in [0.15, 0.2) is 54.6 Å². The second-order valence-electron chi connectivity index (χ2n) is 6.20. The lowest BCUT2D eigenvalue weighted by atomic mass is 10.1. The molecule has 130 valence electrons. The van der Waals surface area contributed by atoms with Gasteiger partial charge in [-0.15, -0.1) is 6.42 Å². The largest absolute Gasteiger partial charge is 0.345 e. The van der Waals surface area contributed by atoms with Gasteiger partial charge in [-0.1, -0.05) is 42.3 Å². The van der Waals surface area contributed by atoms with Gasteiger partial charge in [-0.05, 0) is 36.0 Å². The second kappa shape index (κ2) is 8.49. The predicted octanol–water partition coefficient (Wildman–Crippen LogP) is 3.07. The summed E-state index contributed by atoms with van der Waals surface area (Å²) in [7, 11) is 0. The van der Waals surface area contributed by atoms with Gasteiger partial charge in [0.2, 0.25) is 0 Å². The van der Waals surface area contributed by atoms with Crippen molar-refractivity contribution in [1.29, 1.82) is 5.26 Å². The van der Waals surface area contributed by atoms with Crippen LogP contribution in [-0.2, 0) is 6.54 Å². The van der Waals surface area contributed by atoms with Gasteiger partial charge >= 0.3 is 0 Å². The lowest BCUT2D eigenvalue weighted by Crippen LogP contribution is -2.54. The molecule has 1 fully saturated rings. The first-order valence-electron chi connectivity index (χ1n) is 8.50. The van der Waals surface area contributed by atoms with E-state index >= 15 is 0 Å². The molecule has 1 aliphatic rings. The number of nitrogens with zero attached hydrogens (tertiary/aromatic N) is 3. The molecule has 26 heavy (non-hydrogen) atoms. The van der Waals surface area contributed by atoms with Crippen molar-refractivity contribution in [3.05, 3.63) is 65.7 Å². The van der Waals surface area contributed by atoms with Crippen LogP contribution in [0.25, 0.3) is 0 Å². The molecule has 2 aromatic carbocycles. The van der Waals surface area contributed by atoms with Gasteiger partial charge in [0, 0.05) is 37.4 Å². The van der Waals surface area contributed by atoms with Crippen molar-refractivity contribution >= 4 is 23.0 Å². The lowest BCUT2D eigenvalue weighted by molar-refractivity contribution is 0.138. The van der Waals surface area contributed by atoms with Crippen molar-refractivity contribution in [3.63, 3.8) is 0 Å². The van der Waals surface area contributed by atoms with E-state index in [4.69, 9.17) is 18.6 Å². The van der Waals surface area contributed by atoms with E-state index in [1.807, 2.05) is 47.4 Å². The molecule has 0 saturated carbocycles. The average molecular weight is 360 g/mol. The van der Waals surface area contributed by atoms with Gasteiger partial charge in [-0.3, -0.25) is 4.90 Å². The highest BCUT2D eigenvalue weighted by atomic mass is 32.1. The molecular weight excluding hydrogens is 340 g/mol. The summed E-state index contributed by atoms with van der Waals surface area (Å²) >= 11 is 5.54. The SMILES string of the molecule is C#Cc1cccc(NC(=S)N2CCN(Cc3ccccc3)C(C#N)C2)c1. The van der Waals surface area contributed by atoms with Crippen LogP contribution in [0.1, 0.15) is 11.1 Å². The Balaban J connectivity index is 1.62. The fourth-order valence-electron chi connectivity index (χ4n) is 3.02. The summed E-state index contributed by atoms with van der Waals surface area (Å²) in [6.07, 6.45) is 5.44. The van der Waals surface area contributed by atoms with E-state index in [2.05, 4.69) is 34.3 Å². The summed E-state index contributed by atoms with van der Waals surface area (Å²) in [5.41, 5.74) is 2.89. The summed E-state index contributed by atoms with van der Waals surface area (Å²) in [4.78, 5) is 4.25. The van der Waals surface area contributed by atoms with Gasteiger partial charge in [0.1, 0.15) is 6.04 Å². The first-order valence-corrected chi connectivity index (χ1v) is 8.90. The van der Waals surface area contributed by atoms with Crippen LogP contribution in [0.5, 0.6) is 0 Å². The maximum atomic E-state index is 9.59. The van der Waals surface area contributed by atoms with Crippen LogP contribution in [0, 0.1) is 23.7 Å². The number of terminal acetylenes is 1. The summed E-state index contributed by atoms with van der Waals surface area (Å²) < 4.78 is 0. The molecule has 4 nitrogen and oxygen atoms in total. The van der Waals surface area contributed by atoms with E-state index in [0.717, 1.165) is 30.9 Å². The molecule has 0 aromatic heterocycles. The van der Waals surface area contributed by atoms with Crippen LogP contribution in [0.3, 0.4) is 0 Å². The number of hydrogen-bond acceptors (Lipinski definition) is 3. The minimum absolute atomic E-state index is 0.194.